The van der Waals surface area contributed by atoms with Crippen LogP contribution in [0.1, 0.15) is 33.1 Å². The van der Waals surface area contributed by atoms with Crippen LogP contribution in [-0.4, -0.2) is 56.3 Å². The first kappa shape index (κ1) is 18.9. The normalized spacial score (nSPS) is 22.7. The summed E-state index contributed by atoms with van der Waals surface area (Å²) >= 11 is 0. The Kier molecular flexibility index (Phi) is 10.6. The van der Waals surface area contributed by atoms with Crippen LogP contribution in [0.4, 0.5) is 0 Å². The predicted molar refractivity (Wildman–Crippen MR) is 91.3 cm³/mol. The summed E-state index contributed by atoms with van der Waals surface area (Å²) in [7, 11) is 1.68. The van der Waals surface area contributed by atoms with Crippen LogP contribution in [0, 0.1) is 0 Å². The van der Waals surface area contributed by atoms with Crippen molar-refractivity contribution >= 4 is 29.9 Å². The second-order valence-corrected chi connectivity index (χ2v) is 5.15. The summed E-state index contributed by atoms with van der Waals surface area (Å²) in [6.07, 6.45) is 3.98. The second kappa shape index (κ2) is 10.7. The Morgan fingerprint density at radius 1 is 1.53 bits per heavy atom. The molecule has 0 spiro atoms. The van der Waals surface area contributed by atoms with E-state index in [0.29, 0.717) is 18.6 Å². The SMILES string of the molecule is COCC(C)NC(N)=NCCN1CCCCC1C.I. The lowest BCUT2D eigenvalue weighted by molar-refractivity contribution is 0.165. The highest BCUT2D eigenvalue weighted by Gasteiger charge is 2.17. The molecule has 19 heavy (non-hydrogen) atoms. The fourth-order valence-corrected chi connectivity index (χ4v) is 2.38. The van der Waals surface area contributed by atoms with Gasteiger partial charge < -0.3 is 15.8 Å². The topological polar surface area (TPSA) is 62.9 Å². The van der Waals surface area contributed by atoms with Gasteiger partial charge in [0.05, 0.1) is 13.2 Å². The molecule has 0 aromatic carbocycles. The van der Waals surface area contributed by atoms with Crippen molar-refractivity contribution in [2.24, 2.45) is 10.7 Å². The van der Waals surface area contributed by atoms with Crippen LogP contribution in [0.5, 0.6) is 0 Å². The number of likely N-dealkylation sites (tertiary alicyclic amines) is 1. The van der Waals surface area contributed by atoms with E-state index >= 15 is 0 Å². The van der Waals surface area contributed by atoms with Crippen LogP contribution < -0.4 is 11.1 Å². The molecule has 114 valence electrons. The van der Waals surface area contributed by atoms with Crippen LogP contribution in [0.15, 0.2) is 4.99 Å². The molecule has 0 amide bonds. The molecule has 1 heterocycles. The van der Waals surface area contributed by atoms with E-state index in [1.807, 2.05) is 6.92 Å². The molecule has 0 aromatic heterocycles. The van der Waals surface area contributed by atoms with Crippen LogP contribution in [0.3, 0.4) is 0 Å². The quantitative estimate of drug-likeness (QED) is 0.413. The van der Waals surface area contributed by atoms with E-state index < -0.39 is 0 Å². The maximum atomic E-state index is 5.82. The number of nitrogens with zero attached hydrogens (tertiary/aromatic N) is 2. The van der Waals surface area contributed by atoms with Gasteiger partial charge in [0, 0.05) is 25.7 Å². The van der Waals surface area contributed by atoms with Crippen molar-refractivity contribution in [3.63, 3.8) is 0 Å². The first-order chi connectivity index (χ1) is 8.63. The molecule has 1 aliphatic rings. The third-order valence-corrected chi connectivity index (χ3v) is 3.42. The molecule has 1 saturated heterocycles. The van der Waals surface area contributed by atoms with Crippen LogP contribution in [0.25, 0.3) is 0 Å². The number of hydrogen-bond donors (Lipinski definition) is 2. The molecule has 3 N–H and O–H groups in total. The first-order valence-electron chi connectivity index (χ1n) is 6.93. The van der Waals surface area contributed by atoms with Gasteiger partial charge in [0.1, 0.15) is 0 Å². The summed E-state index contributed by atoms with van der Waals surface area (Å²) in [5.74, 6) is 0.518. The summed E-state index contributed by atoms with van der Waals surface area (Å²) in [5, 5.41) is 3.11. The Bertz CT molecular complexity index is 263. The number of rotatable bonds is 6. The minimum atomic E-state index is 0. The van der Waals surface area contributed by atoms with Gasteiger partial charge >= 0.3 is 0 Å². The van der Waals surface area contributed by atoms with Crippen molar-refractivity contribution in [2.45, 2.75) is 45.2 Å². The van der Waals surface area contributed by atoms with Gasteiger partial charge in [0.25, 0.3) is 0 Å². The zero-order chi connectivity index (χ0) is 13.4. The molecule has 0 bridgehead atoms. The van der Waals surface area contributed by atoms with E-state index in [4.69, 9.17) is 10.5 Å². The molecule has 1 fully saturated rings. The van der Waals surface area contributed by atoms with Crippen LogP contribution >= 0.6 is 24.0 Å². The van der Waals surface area contributed by atoms with Crippen LogP contribution in [0.2, 0.25) is 0 Å². The van der Waals surface area contributed by atoms with E-state index in [9.17, 15) is 0 Å². The summed E-state index contributed by atoms with van der Waals surface area (Å²) in [4.78, 5) is 6.86. The van der Waals surface area contributed by atoms with Crippen molar-refractivity contribution in [2.75, 3.05) is 33.4 Å². The molecule has 1 aliphatic heterocycles. The monoisotopic (exact) mass is 384 g/mol. The van der Waals surface area contributed by atoms with E-state index in [0.717, 1.165) is 13.1 Å². The molecule has 2 atom stereocenters. The van der Waals surface area contributed by atoms with Crippen molar-refractivity contribution < 1.29 is 4.74 Å². The highest BCUT2D eigenvalue weighted by Crippen LogP contribution is 2.15. The van der Waals surface area contributed by atoms with Gasteiger partial charge in [-0.3, -0.25) is 9.89 Å². The van der Waals surface area contributed by atoms with Gasteiger partial charge in [-0.25, -0.2) is 0 Å². The van der Waals surface area contributed by atoms with E-state index in [1.54, 1.807) is 7.11 Å². The lowest BCUT2D eigenvalue weighted by Crippen LogP contribution is -2.42. The van der Waals surface area contributed by atoms with Crippen molar-refractivity contribution in [3.8, 4) is 0 Å². The smallest absolute Gasteiger partial charge is 0.188 e. The molecule has 6 heteroatoms. The Morgan fingerprint density at radius 3 is 2.89 bits per heavy atom. The first-order valence-corrected chi connectivity index (χ1v) is 6.93. The molecule has 5 nitrogen and oxygen atoms in total. The maximum absolute atomic E-state index is 5.82. The largest absolute Gasteiger partial charge is 0.383 e. The Morgan fingerprint density at radius 2 is 2.26 bits per heavy atom. The molecule has 0 aliphatic carbocycles. The molecule has 0 radical (unpaired) electrons. The van der Waals surface area contributed by atoms with Crippen molar-refractivity contribution in [3.05, 3.63) is 0 Å². The van der Waals surface area contributed by atoms with Crippen LogP contribution in [-0.2, 0) is 4.74 Å². The van der Waals surface area contributed by atoms with Gasteiger partial charge in [0.2, 0.25) is 0 Å². The highest BCUT2D eigenvalue weighted by molar-refractivity contribution is 14.0. The number of ether oxygens (including phenoxy) is 1. The molecule has 1 rings (SSSR count). The fourth-order valence-electron chi connectivity index (χ4n) is 2.38. The minimum absolute atomic E-state index is 0. The molecular weight excluding hydrogens is 355 g/mol. The van der Waals surface area contributed by atoms with E-state index in [1.165, 1.54) is 25.8 Å². The highest BCUT2D eigenvalue weighted by atomic mass is 127. The Hall–Kier alpha value is -0.0800. The predicted octanol–water partition coefficient (Wildman–Crippen LogP) is 1.42. The summed E-state index contributed by atoms with van der Waals surface area (Å²) < 4.78 is 5.04. The summed E-state index contributed by atoms with van der Waals surface area (Å²) in [5.41, 5.74) is 5.82. The summed E-state index contributed by atoms with van der Waals surface area (Å²) in [6, 6.07) is 0.892. The minimum Gasteiger partial charge on any atom is -0.383 e. The van der Waals surface area contributed by atoms with Gasteiger partial charge in [-0.15, -0.1) is 24.0 Å². The number of halogens is 1. The number of methoxy groups -OCH3 is 1. The fraction of sp³-hybridized carbons (Fsp3) is 0.923. The average Bonchev–Trinajstić information content (AvgIpc) is 2.31. The second-order valence-electron chi connectivity index (χ2n) is 5.15. The Labute approximate surface area is 134 Å². The zero-order valence-corrected chi connectivity index (χ0v) is 14.7. The molecular formula is C13H29IN4O. The third kappa shape index (κ3) is 7.94. The number of guanidine groups is 1. The standard InChI is InChI=1S/C13H28N4O.HI/c1-11(10-18-3)16-13(14)15-7-9-17-8-5-4-6-12(17)2;/h11-12H,4-10H2,1-3H3,(H3,14,15,16);1H. The average molecular weight is 384 g/mol. The number of nitrogens with one attached hydrogen (secondary N) is 1. The van der Waals surface area contributed by atoms with E-state index in [-0.39, 0.29) is 30.0 Å². The van der Waals surface area contributed by atoms with Crippen molar-refractivity contribution in [1.82, 2.24) is 10.2 Å². The van der Waals surface area contributed by atoms with Gasteiger partial charge in [-0.1, -0.05) is 6.42 Å². The Balaban J connectivity index is 0.00000324. The molecule has 0 aromatic rings. The van der Waals surface area contributed by atoms with Gasteiger partial charge in [-0.05, 0) is 33.2 Å². The van der Waals surface area contributed by atoms with Gasteiger partial charge in [0.15, 0.2) is 5.96 Å². The number of aliphatic imine (C=N–C) groups is 1. The number of nitrogens with two attached hydrogens (primary N) is 1. The maximum Gasteiger partial charge on any atom is 0.188 e. The number of hydrogen-bond acceptors (Lipinski definition) is 3. The molecule has 0 saturated carbocycles. The zero-order valence-electron chi connectivity index (χ0n) is 12.4. The summed E-state index contributed by atoms with van der Waals surface area (Å²) in [6.45, 7) is 7.93. The third-order valence-electron chi connectivity index (χ3n) is 3.42. The van der Waals surface area contributed by atoms with Crippen molar-refractivity contribution in [1.29, 1.82) is 0 Å². The van der Waals surface area contributed by atoms with Gasteiger partial charge in [-0.2, -0.15) is 0 Å². The number of piperidine rings is 1. The lowest BCUT2D eigenvalue weighted by atomic mass is 10.0. The lowest BCUT2D eigenvalue weighted by Gasteiger charge is -2.32. The molecule has 2 unspecified atom stereocenters. The van der Waals surface area contributed by atoms with E-state index in [2.05, 4.69) is 22.1 Å².